The van der Waals surface area contributed by atoms with Gasteiger partial charge in [0.25, 0.3) is 0 Å². The largest absolute Gasteiger partial charge is 0.469 e. The Morgan fingerprint density at radius 2 is 0.923 bits per heavy atom. The van der Waals surface area contributed by atoms with E-state index in [4.69, 9.17) is 9.79 Å². The zero-order chi connectivity index (χ0) is 19.9. The fraction of sp³-hybridized carbons (Fsp3) is 1.00. The molecule has 0 aliphatic heterocycles. The quantitative estimate of drug-likeness (QED) is 0.190. The zero-order valence-electron chi connectivity index (χ0n) is 17.7. The molecule has 0 saturated carbocycles. The molecule has 0 aromatic heterocycles. The second-order valence-electron chi connectivity index (χ2n) is 7.13. The van der Waals surface area contributed by atoms with E-state index in [1.807, 2.05) is 14.1 Å². The first-order valence-corrected chi connectivity index (χ1v) is 12.3. The highest BCUT2D eigenvalue weighted by atomic mass is 31.2. The van der Waals surface area contributed by atoms with Crippen molar-refractivity contribution in [1.29, 1.82) is 0 Å². The van der Waals surface area contributed by atoms with Crippen LogP contribution in [0.1, 0.15) is 110 Å². The first-order chi connectivity index (χ1) is 12.5. The van der Waals surface area contributed by atoms with Crippen molar-refractivity contribution in [3.8, 4) is 0 Å². The maximum Gasteiger partial charge on any atom is 0.469 e. The molecule has 0 amide bonds. The molecular weight excluding hydrogens is 349 g/mol. The van der Waals surface area contributed by atoms with Gasteiger partial charge in [-0.1, -0.05) is 103 Å². The van der Waals surface area contributed by atoms with Crippen LogP contribution >= 0.6 is 7.82 Å². The minimum atomic E-state index is -4.26. The molecule has 6 heteroatoms. The Labute approximate surface area is 162 Å². The Bertz CT molecular complexity index is 298. The third-order valence-electron chi connectivity index (χ3n) is 4.26. The Morgan fingerprint density at radius 3 is 1.19 bits per heavy atom. The van der Waals surface area contributed by atoms with Crippen LogP contribution in [0.15, 0.2) is 0 Å². The van der Waals surface area contributed by atoms with Gasteiger partial charge in [-0.05, 0) is 20.5 Å². The molecule has 0 atom stereocenters. The molecule has 0 heterocycles. The third-order valence-corrected chi connectivity index (χ3v) is 4.78. The standard InChI is InChI=1S/C18H39O4P.C2H7N/c1-2-3-4-5-6-7-8-9-10-11-12-13-14-15-16-17-18-22-23(19,20)21;1-3-2/h2-18H2,1H3,(H2,19,20,21);3H,1-2H3. The molecule has 0 rings (SSSR count). The summed E-state index contributed by atoms with van der Waals surface area (Å²) in [5, 5.41) is 2.75. The maximum absolute atomic E-state index is 10.5. The number of phosphoric acid groups is 1. The van der Waals surface area contributed by atoms with Crippen molar-refractivity contribution in [2.75, 3.05) is 20.7 Å². The van der Waals surface area contributed by atoms with E-state index in [0.29, 0.717) is 0 Å². The van der Waals surface area contributed by atoms with Gasteiger partial charge in [0, 0.05) is 0 Å². The molecule has 0 unspecified atom stereocenters. The van der Waals surface area contributed by atoms with Gasteiger partial charge in [0.15, 0.2) is 0 Å². The van der Waals surface area contributed by atoms with E-state index in [1.54, 1.807) is 0 Å². The smallest absolute Gasteiger partial charge is 0.323 e. The monoisotopic (exact) mass is 395 g/mol. The first kappa shape index (κ1) is 28.3. The minimum Gasteiger partial charge on any atom is -0.323 e. The van der Waals surface area contributed by atoms with Crippen molar-refractivity contribution in [2.24, 2.45) is 0 Å². The van der Waals surface area contributed by atoms with Crippen molar-refractivity contribution in [3.05, 3.63) is 0 Å². The molecule has 5 nitrogen and oxygen atoms in total. The normalized spacial score (nSPS) is 11.3. The van der Waals surface area contributed by atoms with E-state index >= 15 is 0 Å². The molecule has 0 bridgehead atoms. The number of unbranched alkanes of at least 4 members (excludes halogenated alkanes) is 15. The Morgan fingerprint density at radius 1 is 0.654 bits per heavy atom. The second-order valence-corrected chi connectivity index (χ2v) is 8.37. The Balaban J connectivity index is 0. The molecule has 0 aromatic carbocycles. The number of phosphoric ester groups is 1. The van der Waals surface area contributed by atoms with E-state index in [9.17, 15) is 4.57 Å². The molecule has 0 aromatic rings. The molecular formula is C20H46NO4P. The summed E-state index contributed by atoms with van der Waals surface area (Å²) in [4.78, 5) is 17.1. The van der Waals surface area contributed by atoms with Crippen molar-refractivity contribution in [3.63, 3.8) is 0 Å². The zero-order valence-corrected chi connectivity index (χ0v) is 18.6. The van der Waals surface area contributed by atoms with Crippen molar-refractivity contribution in [2.45, 2.75) is 110 Å². The molecule has 26 heavy (non-hydrogen) atoms. The third kappa shape index (κ3) is 31.8. The molecule has 0 radical (unpaired) electrons. The molecule has 0 aliphatic carbocycles. The summed E-state index contributed by atoms with van der Waals surface area (Å²) in [6.45, 7) is 2.43. The van der Waals surface area contributed by atoms with Crippen LogP contribution < -0.4 is 5.32 Å². The van der Waals surface area contributed by atoms with Gasteiger partial charge in [0.1, 0.15) is 0 Å². The summed E-state index contributed by atoms with van der Waals surface area (Å²) >= 11 is 0. The van der Waals surface area contributed by atoms with Crippen LogP contribution in [0.3, 0.4) is 0 Å². The van der Waals surface area contributed by atoms with E-state index in [1.165, 1.54) is 83.5 Å². The van der Waals surface area contributed by atoms with Crippen LogP contribution in [0.25, 0.3) is 0 Å². The molecule has 0 fully saturated rings. The fourth-order valence-corrected chi connectivity index (χ4v) is 3.20. The summed E-state index contributed by atoms with van der Waals surface area (Å²) in [7, 11) is -0.506. The van der Waals surface area contributed by atoms with E-state index in [-0.39, 0.29) is 6.61 Å². The van der Waals surface area contributed by atoms with Gasteiger partial charge < -0.3 is 15.1 Å². The first-order valence-electron chi connectivity index (χ1n) is 10.8. The van der Waals surface area contributed by atoms with Gasteiger partial charge in [-0.25, -0.2) is 4.57 Å². The Hall–Kier alpha value is 0.0700. The van der Waals surface area contributed by atoms with Gasteiger partial charge in [0.05, 0.1) is 6.61 Å². The number of nitrogens with one attached hydrogen (secondary N) is 1. The van der Waals surface area contributed by atoms with Crippen LogP contribution in [-0.4, -0.2) is 30.5 Å². The number of hydrogen-bond donors (Lipinski definition) is 3. The summed E-state index contributed by atoms with van der Waals surface area (Å²) in [5.41, 5.74) is 0. The van der Waals surface area contributed by atoms with Gasteiger partial charge in [-0.2, -0.15) is 0 Å². The van der Waals surface area contributed by atoms with E-state index < -0.39 is 7.82 Å². The van der Waals surface area contributed by atoms with Crippen molar-refractivity contribution in [1.82, 2.24) is 5.32 Å². The summed E-state index contributed by atoms with van der Waals surface area (Å²) in [5.74, 6) is 0. The average Bonchev–Trinajstić information content (AvgIpc) is 2.57. The Kier molecular flexibility index (Phi) is 25.1. The highest BCUT2D eigenvalue weighted by Crippen LogP contribution is 2.35. The van der Waals surface area contributed by atoms with Crippen LogP contribution in [0.5, 0.6) is 0 Å². The molecule has 0 spiro atoms. The maximum atomic E-state index is 10.5. The molecule has 3 N–H and O–H groups in total. The summed E-state index contributed by atoms with van der Waals surface area (Å²) in [6, 6.07) is 0. The summed E-state index contributed by atoms with van der Waals surface area (Å²) in [6.07, 6.45) is 20.7. The topological polar surface area (TPSA) is 78.8 Å². The van der Waals surface area contributed by atoms with Crippen LogP contribution in [-0.2, 0) is 9.09 Å². The number of rotatable bonds is 18. The average molecular weight is 396 g/mol. The van der Waals surface area contributed by atoms with Crippen LogP contribution in [0, 0.1) is 0 Å². The molecule has 160 valence electrons. The van der Waals surface area contributed by atoms with Crippen LogP contribution in [0.4, 0.5) is 0 Å². The van der Waals surface area contributed by atoms with Gasteiger partial charge in [-0.3, -0.25) is 4.52 Å². The predicted octanol–water partition coefficient (Wildman–Crippen LogP) is 6.19. The predicted molar refractivity (Wildman–Crippen MR) is 113 cm³/mol. The van der Waals surface area contributed by atoms with Crippen molar-refractivity contribution >= 4 is 7.82 Å². The fourth-order valence-electron chi connectivity index (χ4n) is 2.83. The molecule has 0 saturated heterocycles. The van der Waals surface area contributed by atoms with Crippen LogP contribution in [0.2, 0.25) is 0 Å². The number of hydrogen-bond acceptors (Lipinski definition) is 3. The lowest BCUT2D eigenvalue weighted by atomic mass is 10.0. The van der Waals surface area contributed by atoms with Gasteiger partial charge in [0.2, 0.25) is 0 Å². The lowest BCUT2D eigenvalue weighted by Crippen LogP contribution is -1.92. The highest BCUT2D eigenvalue weighted by Gasteiger charge is 2.12. The van der Waals surface area contributed by atoms with E-state index in [2.05, 4.69) is 16.8 Å². The lowest BCUT2D eigenvalue weighted by Gasteiger charge is -2.05. The van der Waals surface area contributed by atoms with Gasteiger partial charge in [-0.15, -0.1) is 0 Å². The highest BCUT2D eigenvalue weighted by molar-refractivity contribution is 7.46. The van der Waals surface area contributed by atoms with Crippen molar-refractivity contribution < 1.29 is 18.9 Å². The van der Waals surface area contributed by atoms with Gasteiger partial charge >= 0.3 is 7.82 Å². The minimum absolute atomic E-state index is 0.169. The lowest BCUT2D eigenvalue weighted by molar-refractivity contribution is 0.193. The molecule has 0 aliphatic rings. The van der Waals surface area contributed by atoms with E-state index in [0.717, 1.165) is 19.3 Å². The second kappa shape index (κ2) is 23.1. The summed E-state index contributed by atoms with van der Waals surface area (Å²) < 4.78 is 14.9. The SMILES string of the molecule is CCCCCCCCCCCCCCCCCCOP(=O)(O)O.CNC.